The number of morpholine rings is 1. The van der Waals surface area contributed by atoms with Crippen molar-refractivity contribution >= 4 is 34.9 Å². The number of guanidine groups is 2. The van der Waals surface area contributed by atoms with E-state index in [1.165, 1.54) is 11.1 Å². The Labute approximate surface area is 175 Å². The van der Waals surface area contributed by atoms with E-state index in [-0.39, 0.29) is 5.96 Å². The maximum atomic E-state index is 6.12. The number of nitrogens with zero attached hydrogens (tertiary/aromatic N) is 4. The first-order valence-corrected chi connectivity index (χ1v) is 10.0. The molecule has 1 unspecified atom stereocenters. The van der Waals surface area contributed by atoms with Crippen molar-refractivity contribution in [3.8, 4) is 0 Å². The summed E-state index contributed by atoms with van der Waals surface area (Å²) in [5.74, 6) is 1.02. The highest BCUT2D eigenvalue weighted by Gasteiger charge is 2.32. The van der Waals surface area contributed by atoms with Crippen LogP contribution in [0.4, 0.5) is 11.4 Å². The number of aryl methyl sites for hydroxylation is 2. The fourth-order valence-electron chi connectivity index (χ4n) is 3.60. The van der Waals surface area contributed by atoms with Gasteiger partial charge in [-0.3, -0.25) is 4.90 Å². The third kappa shape index (κ3) is 4.46. The van der Waals surface area contributed by atoms with Gasteiger partial charge in [0.25, 0.3) is 0 Å². The van der Waals surface area contributed by atoms with Crippen molar-refractivity contribution in [1.29, 1.82) is 0 Å². The van der Waals surface area contributed by atoms with Crippen molar-refractivity contribution in [1.82, 2.24) is 4.90 Å². The summed E-state index contributed by atoms with van der Waals surface area (Å²) < 4.78 is 5.53. The molecule has 2 heterocycles. The number of anilines is 2. The van der Waals surface area contributed by atoms with E-state index >= 15 is 0 Å². The van der Waals surface area contributed by atoms with Crippen molar-refractivity contribution in [3.05, 3.63) is 58.6 Å². The van der Waals surface area contributed by atoms with Gasteiger partial charge in [0.05, 0.1) is 13.2 Å². The summed E-state index contributed by atoms with van der Waals surface area (Å²) in [4.78, 5) is 13.5. The fraction of sp³-hybridized carbons (Fsp3) is 0.333. The van der Waals surface area contributed by atoms with Crippen LogP contribution in [0.1, 0.15) is 11.1 Å². The van der Waals surface area contributed by atoms with Gasteiger partial charge in [0, 0.05) is 29.5 Å². The molecule has 0 saturated carbocycles. The summed E-state index contributed by atoms with van der Waals surface area (Å²) in [7, 11) is 0. The normalized spacial score (nSPS) is 19.6. The molecule has 8 heteroatoms. The smallest absolute Gasteiger partial charge is 0.222 e. The number of nitrogens with one attached hydrogen (secondary N) is 1. The molecular formula is C21H25ClN6O. The molecule has 2 aliphatic heterocycles. The second-order valence-electron chi connectivity index (χ2n) is 7.24. The molecule has 152 valence electrons. The maximum Gasteiger partial charge on any atom is 0.222 e. The highest BCUT2D eigenvalue weighted by Crippen LogP contribution is 2.27. The van der Waals surface area contributed by atoms with Gasteiger partial charge < -0.3 is 20.7 Å². The first-order valence-electron chi connectivity index (χ1n) is 9.64. The average molecular weight is 413 g/mol. The molecule has 2 aromatic rings. The summed E-state index contributed by atoms with van der Waals surface area (Å²) >= 11 is 6.04. The van der Waals surface area contributed by atoms with Gasteiger partial charge in [0.1, 0.15) is 0 Å². The first kappa shape index (κ1) is 19.5. The predicted molar refractivity (Wildman–Crippen MR) is 119 cm³/mol. The van der Waals surface area contributed by atoms with Crippen LogP contribution in [0.2, 0.25) is 5.02 Å². The molecule has 0 aliphatic carbocycles. The van der Waals surface area contributed by atoms with Crippen molar-refractivity contribution in [3.63, 3.8) is 0 Å². The molecule has 0 aromatic heterocycles. The van der Waals surface area contributed by atoms with Gasteiger partial charge in [0.2, 0.25) is 18.2 Å². The van der Waals surface area contributed by atoms with Gasteiger partial charge in [-0.05, 0) is 61.4 Å². The van der Waals surface area contributed by atoms with Crippen LogP contribution in [0.15, 0.2) is 52.4 Å². The Morgan fingerprint density at radius 2 is 1.72 bits per heavy atom. The number of rotatable bonds is 3. The summed E-state index contributed by atoms with van der Waals surface area (Å²) in [6.07, 6.45) is -0.437. The van der Waals surface area contributed by atoms with Crippen LogP contribution in [-0.4, -0.2) is 49.4 Å². The average Bonchev–Trinajstić information content (AvgIpc) is 2.69. The summed E-state index contributed by atoms with van der Waals surface area (Å²) in [6.45, 7) is 7.00. The van der Waals surface area contributed by atoms with Crippen LogP contribution in [0.25, 0.3) is 0 Å². The Balaban J connectivity index is 1.74. The molecule has 1 fully saturated rings. The minimum Gasteiger partial charge on any atom is -0.378 e. The second-order valence-corrected chi connectivity index (χ2v) is 7.68. The summed E-state index contributed by atoms with van der Waals surface area (Å²) in [6, 6.07) is 14.0. The Bertz CT molecular complexity index is 916. The summed E-state index contributed by atoms with van der Waals surface area (Å²) in [5, 5.41) is 4.14. The lowest BCUT2D eigenvalue weighted by Gasteiger charge is -2.41. The quantitative estimate of drug-likeness (QED) is 0.809. The Kier molecular flexibility index (Phi) is 5.60. The lowest BCUT2D eigenvalue weighted by molar-refractivity contribution is 0.0671. The number of benzene rings is 2. The van der Waals surface area contributed by atoms with E-state index in [9.17, 15) is 0 Å². The van der Waals surface area contributed by atoms with Gasteiger partial charge in [-0.2, -0.15) is 4.99 Å². The van der Waals surface area contributed by atoms with E-state index in [4.69, 9.17) is 22.1 Å². The van der Waals surface area contributed by atoms with Crippen molar-refractivity contribution in [2.75, 3.05) is 36.5 Å². The van der Waals surface area contributed by atoms with Gasteiger partial charge in [-0.1, -0.05) is 17.7 Å². The molecule has 2 aromatic carbocycles. The lowest BCUT2D eigenvalue weighted by atomic mass is 10.1. The van der Waals surface area contributed by atoms with Gasteiger partial charge in [-0.15, -0.1) is 0 Å². The third-order valence-electron chi connectivity index (χ3n) is 4.85. The number of nitrogens with two attached hydrogens (primary N) is 1. The van der Waals surface area contributed by atoms with Gasteiger partial charge in [-0.25, -0.2) is 4.99 Å². The Morgan fingerprint density at radius 1 is 1.07 bits per heavy atom. The monoisotopic (exact) mass is 412 g/mol. The molecule has 1 atom stereocenters. The summed E-state index contributed by atoms with van der Waals surface area (Å²) in [5.41, 5.74) is 10.4. The highest BCUT2D eigenvalue weighted by atomic mass is 35.5. The molecule has 29 heavy (non-hydrogen) atoms. The maximum absolute atomic E-state index is 6.12. The molecule has 7 nitrogen and oxygen atoms in total. The zero-order valence-corrected chi connectivity index (χ0v) is 17.4. The van der Waals surface area contributed by atoms with Crippen LogP contribution < -0.4 is 16.0 Å². The molecular weight excluding hydrogens is 388 g/mol. The zero-order chi connectivity index (χ0) is 20.4. The number of ether oxygens (including phenoxy) is 1. The van der Waals surface area contributed by atoms with E-state index in [0.29, 0.717) is 18.2 Å². The van der Waals surface area contributed by atoms with Crippen molar-refractivity contribution in [2.45, 2.75) is 20.1 Å². The molecule has 0 amide bonds. The molecule has 0 spiro atoms. The van der Waals surface area contributed by atoms with Gasteiger partial charge >= 0.3 is 0 Å². The van der Waals surface area contributed by atoms with Crippen LogP contribution in [-0.2, 0) is 4.74 Å². The SMILES string of the molecule is Cc1cc(C)cc(N2C(N3CCOCC3)=NC(N)=NC2Nc2ccc(Cl)cc2)c1. The van der Waals surface area contributed by atoms with E-state index in [2.05, 4.69) is 57.1 Å². The standard InChI is InChI=1S/C21H25ClN6O/c1-14-11-15(2)13-18(12-14)28-20(24-17-5-3-16(22)4-6-17)25-19(23)26-21(28)27-7-9-29-10-8-27/h3-6,11-13,20,24H,7-10H2,1-2H3,(H2,23,25). The third-order valence-corrected chi connectivity index (χ3v) is 5.10. The highest BCUT2D eigenvalue weighted by molar-refractivity contribution is 6.30. The second kappa shape index (κ2) is 8.31. The number of hydrogen-bond donors (Lipinski definition) is 2. The Hall–Kier alpha value is -2.77. The van der Waals surface area contributed by atoms with E-state index < -0.39 is 6.29 Å². The Morgan fingerprint density at radius 3 is 2.38 bits per heavy atom. The van der Waals surface area contributed by atoms with Crippen LogP contribution in [0, 0.1) is 13.8 Å². The van der Waals surface area contributed by atoms with Crippen molar-refractivity contribution < 1.29 is 4.74 Å². The van der Waals surface area contributed by atoms with Crippen LogP contribution in [0.5, 0.6) is 0 Å². The minimum atomic E-state index is -0.437. The minimum absolute atomic E-state index is 0.249. The van der Waals surface area contributed by atoms with Gasteiger partial charge in [0.15, 0.2) is 0 Å². The number of halogens is 1. The van der Waals surface area contributed by atoms with Crippen LogP contribution in [0.3, 0.4) is 0 Å². The molecule has 0 bridgehead atoms. The van der Waals surface area contributed by atoms with Crippen LogP contribution >= 0.6 is 11.6 Å². The molecule has 3 N–H and O–H groups in total. The predicted octanol–water partition coefficient (Wildman–Crippen LogP) is 3.18. The van der Waals surface area contributed by atoms with E-state index in [1.807, 2.05) is 24.3 Å². The number of aliphatic imine (C=N–C) groups is 2. The molecule has 2 aliphatic rings. The van der Waals surface area contributed by atoms with E-state index in [0.717, 1.165) is 30.4 Å². The largest absolute Gasteiger partial charge is 0.378 e. The molecule has 0 radical (unpaired) electrons. The lowest BCUT2D eigenvalue weighted by Crippen LogP contribution is -2.57. The molecule has 1 saturated heterocycles. The number of hydrogen-bond acceptors (Lipinski definition) is 7. The van der Waals surface area contributed by atoms with Crippen molar-refractivity contribution in [2.24, 2.45) is 15.7 Å². The fourth-order valence-corrected chi connectivity index (χ4v) is 3.73. The van der Waals surface area contributed by atoms with E-state index in [1.54, 1.807) is 0 Å². The molecule has 4 rings (SSSR count). The topological polar surface area (TPSA) is 78.5 Å². The zero-order valence-electron chi connectivity index (χ0n) is 16.6. The first-order chi connectivity index (χ1) is 14.0.